The topological polar surface area (TPSA) is 192 Å². The number of ether oxygens (including phenoxy) is 1. The quantitative estimate of drug-likeness (QED) is 0.0664. The number of piperidine rings is 1. The van der Waals surface area contributed by atoms with Gasteiger partial charge < -0.3 is 25.3 Å². The van der Waals surface area contributed by atoms with E-state index in [9.17, 15) is 28.1 Å². The van der Waals surface area contributed by atoms with Gasteiger partial charge in [-0.1, -0.05) is 38.1 Å². The second-order valence-corrected chi connectivity index (χ2v) is 19.5. The first-order chi connectivity index (χ1) is 30.3. The van der Waals surface area contributed by atoms with Crippen LogP contribution in [0.5, 0.6) is 11.5 Å². The van der Waals surface area contributed by atoms with Crippen molar-refractivity contribution in [1.29, 1.82) is 0 Å². The minimum atomic E-state index is -4.72. The molecule has 63 heavy (non-hydrogen) atoms. The van der Waals surface area contributed by atoms with Crippen LogP contribution in [-0.4, -0.2) is 78.3 Å². The van der Waals surface area contributed by atoms with Gasteiger partial charge in [0.2, 0.25) is 5.91 Å². The molecule has 1 saturated carbocycles. The number of H-pyrrole nitrogens is 1. The standard InChI is InChI=1S/C46H51FN8O7S/c1-28(2)34-6-3-4-7-35(34)39-8-5-17-54(39)31-24-46(25-31)14-18-53(19-15-46)40-23-42(62-32-20-29-13-16-48-44(29)50-27-32)36(22-37(40)47)45(57)52-63(60,61)33-10-11-38(41(21-33)55(58)59)49-26-30-9-12-43(56)51-30/h3-4,6-7,10-11,13,16,20-23,27-28,30-31,39,49H,5,8-9,12,14-15,17-19,24-26H2,1-2H3,(H,48,50)(H,51,56)(H,52,57). The number of amides is 2. The molecule has 1 aliphatic carbocycles. The number of rotatable bonds is 13. The molecule has 15 nitrogen and oxygen atoms in total. The molecule has 3 aliphatic heterocycles. The summed E-state index contributed by atoms with van der Waals surface area (Å²) in [6.07, 6.45) is 10.4. The molecule has 2 aromatic heterocycles. The molecule has 5 heterocycles. The fourth-order valence-electron chi connectivity index (χ4n) is 10.1. The Bertz CT molecular complexity index is 2690. The number of pyridine rings is 1. The molecule has 4 N–H and O–H groups in total. The number of nitro groups is 1. The second-order valence-electron chi connectivity index (χ2n) is 17.8. The van der Waals surface area contributed by atoms with Crippen LogP contribution in [0.15, 0.2) is 84.0 Å². The van der Waals surface area contributed by atoms with Gasteiger partial charge in [-0.2, -0.15) is 0 Å². The van der Waals surface area contributed by atoms with E-state index < -0.39 is 42.8 Å². The van der Waals surface area contributed by atoms with Crippen LogP contribution < -0.4 is 25.0 Å². The number of aromatic amines is 1. The summed E-state index contributed by atoms with van der Waals surface area (Å²) in [7, 11) is -4.72. The van der Waals surface area contributed by atoms with Crippen molar-refractivity contribution < 1.29 is 32.1 Å². The molecule has 3 saturated heterocycles. The number of hydrogen-bond donors (Lipinski definition) is 4. The van der Waals surface area contributed by atoms with Crippen LogP contribution in [0.2, 0.25) is 0 Å². The highest BCUT2D eigenvalue weighted by Crippen LogP contribution is 2.54. The van der Waals surface area contributed by atoms with E-state index >= 15 is 4.39 Å². The summed E-state index contributed by atoms with van der Waals surface area (Å²) in [4.78, 5) is 48.3. The van der Waals surface area contributed by atoms with Gasteiger partial charge in [0.05, 0.1) is 27.3 Å². The highest BCUT2D eigenvalue weighted by molar-refractivity contribution is 7.90. The first-order valence-electron chi connectivity index (χ1n) is 21.7. The van der Waals surface area contributed by atoms with Crippen LogP contribution in [-0.2, 0) is 14.8 Å². The van der Waals surface area contributed by atoms with Gasteiger partial charge in [0.1, 0.15) is 28.7 Å². The lowest BCUT2D eigenvalue weighted by Gasteiger charge is -2.56. The molecule has 2 atom stereocenters. The number of aromatic nitrogens is 2. The maximum Gasteiger partial charge on any atom is 0.293 e. The highest BCUT2D eigenvalue weighted by Gasteiger charge is 2.50. The summed E-state index contributed by atoms with van der Waals surface area (Å²) < 4.78 is 51.8. The van der Waals surface area contributed by atoms with E-state index in [-0.39, 0.29) is 46.8 Å². The van der Waals surface area contributed by atoms with Crippen LogP contribution in [0.25, 0.3) is 11.0 Å². The Hall–Kier alpha value is -6.07. The summed E-state index contributed by atoms with van der Waals surface area (Å²) in [6, 6.07) is 18.6. The number of fused-ring (bicyclic) bond motifs is 1. The van der Waals surface area contributed by atoms with Gasteiger partial charge in [-0.3, -0.25) is 24.6 Å². The molecule has 9 rings (SSSR count). The number of likely N-dealkylation sites (tertiary alicyclic amines) is 1. The van der Waals surface area contributed by atoms with E-state index in [4.69, 9.17) is 4.74 Å². The number of anilines is 2. The van der Waals surface area contributed by atoms with Crippen LogP contribution in [0.4, 0.5) is 21.5 Å². The Morgan fingerprint density at radius 2 is 1.86 bits per heavy atom. The SMILES string of the molecule is CC(C)c1ccccc1C1CCCN1C1CC2(CCN(c3cc(Oc4cnc5[nH]ccc5c4)c(C(=O)NS(=O)(=O)c4ccc(NCC5CCC(=O)N5)c([N+](=O)[O-])c4)cc3F)CC2)C1. The molecular formula is C46H51FN8O7S. The predicted octanol–water partition coefficient (Wildman–Crippen LogP) is 7.92. The summed E-state index contributed by atoms with van der Waals surface area (Å²) >= 11 is 0. The maximum atomic E-state index is 16.3. The fraction of sp³-hybridized carbons (Fsp3) is 0.413. The van der Waals surface area contributed by atoms with Crippen LogP contribution in [0.3, 0.4) is 0 Å². The Balaban J connectivity index is 0.923. The van der Waals surface area contributed by atoms with Gasteiger partial charge in [0, 0.05) is 67.9 Å². The van der Waals surface area contributed by atoms with Crippen molar-refractivity contribution in [3.63, 3.8) is 0 Å². The number of carbonyl (C=O) groups excluding carboxylic acids is 2. The lowest BCUT2D eigenvalue weighted by atomic mass is 9.59. The van der Waals surface area contributed by atoms with Crippen LogP contribution in [0.1, 0.15) is 98.7 Å². The van der Waals surface area contributed by atoms with E-state index in [0.717, 1.165) is 62.2 Å². The Morgan fingerprint density at radius 3 is 2.60 bits per heavy atom. The van der Waals surface area contributed by atoms with Crippen LogP contribution in [0, 0.1) is 21.3 Å². The number of halogens is 1. The molecule has 2 amide bonds. The lowest BCUT2D eigenvalue weighted by Crippen LogP contribution is -2.55. The molecule has 4 aliphatic rings. The first-order valence-corrected chi connectivity index (χ1v) is 23.2. The van der Waals surface area contributed by atoms with Crippen molar-refractivity contribution in [2.24, 2.45) is 5.41 Å². The van der Waals surface area contributed by atoms with E-state index in [1.807, 2.05) is 9.62 Å². The summed E-state index contributed by atoms with van der Waals surface area (Å²) in [5.74, 6) is -1.43. The Labute approximate surface area is 365 Å². The van der Waals surface area contributed by atoms with Gasteiger partial charge in [-0.15, -0.1) is 0 Å². The monoisotopic (exact) mass is 878 g/mol. The third kappa shape index (κ3) is 8.55. The van der Waals surface area contributed by atoms with Gasteiger partial charge in [-0.05, 0) is 104 Å². The second kappa shape index (κ2) is 16.9. The zero-order valence-electron chi connectivity index (χ0n) is 35.2. The number of benzene rings is 3. The van der Waals surface area contributed by atoms with E-state index in [1.165, 1.54) is 35.9 Å². The first kappa shape index (κ1) is 42.2. The highest BCUT2D eigenvalue weighted by atomic mass is 32.2. The molecule has 0 radical (unpaired) electrons. The number of nitrogens with zero attached hydrogens (tertiary/aromatic N) is 4. The molecule has 2 unspecified atom stereocenters. The smallest absolute Gasteiger partial charge is 0.293 e. The van der Waals surface area contributed by atoms with Crippen molar-refractivity contribution in [1.82, 2.24) is 24.9 Å². The van der Waals surface area contributed by atoms with Gasteiger partial charge in [0.15, 0.2) is 0 Å². The molecule has 1 spiro atoms. The third-order valence-corrected chi connectivity index (χ3v) is 14.8. The normalized spacial score (nSPS) is 20.3. The fourth-order valence-corrected chi connectivity index (χ4v) is 11.1. The largest absolute Gasteiger partial charge is 0.455 e. The Morgan fingerprint density at radius 1 is 1.06 bits per heavy atom. The number of nitro benzene ring substituents is 1. The third-order valence-electron chi connectivity index (χ3n) is 13.5. The molecule has 3 aromatic carbocycles. The van der Waals surface area contributed by atoms with Crippen molar-refractivity contribution in [3.8, 4) is 11.5 Å². The molecular weight excluding hydrogens is 828 g/mol. The van der Waals surface area contributed by atoms with E-state index in [1.54, 1.807) is 18.3 Å². The average Bonchev–Trinajstić information content (AvgIpc) is 4.04. The van der Waals surface area contributed by atoms with Gasteiger partial charge in [-0.25, -0.2) is 22.5 Å². The van der Waals surface area contributed by atoms with Gasteiger partial charge >= 0.3 is 0 Å². The molecule has 330 valence electrons. The van der Waals surface area contributed by atoms with Crippen molar-refractivity contribution in [3.05, 3.63) is 112 Å². The molecule has 0 bridgehead atoms. The zero-order valence-corrected chi connectivity index (χ0v) is 36.0. The number of nitrogens with one attached hydrogen (secondary N) is 4. The van der Waals surface area contributed by atoms with Gasteiger partial charge in [0.25, 0.3) is 21.6 Å². The zero-order chi connectivity index (χ0) is 44.0. The minimum absolute atomic E-state index is 0.0389. The maximum absolute atomic E-state index is 16.3. The lowest BCUT2D eigenvalue weighted by molar-refractivity contribution is -0.384. The molecule has 5 aromatic rings. The summed E-state index contributed by atoms with van der Waals surface area (Å²) in [5.41, 5.74) is 2.98. The van der Waals surface area contributed by atoms with E-state index in [0.29, 0.717) is 49.6 Å². The number of carbonyl (C=O) groups is 2. The summed E-state index contributed by atoms with van der Waals surface area (Å²) in [5, 5.41) is 18.4. The van der Waals surface area contributed by atoms with Crippen molar-refractivity contribution >= 4 is 49.9 Å². The van der Waals surface area contributed by atoms with Crippen molar-refractivity contribution in [2.75, 3.05) is 36.4 Å². The minimum Gasteiger partial charge on any atom is -0.455 e. The molecule has 4 fully saturated rings. The Kier molecular flexibility index (Phi) is 11.3. The number of hydrogen-bond acceptors (Lipinski definition) is 11. The molecule has 17 heteroatoms. The van der Waals surface area contributed by atoms with Crippen LogP contribution >= 0.6 is 0 Å². The average molecular weight is 879 g/mol. The summed E-state index contributed by atoms with van der Waals surface area (Å²) in [6.45, 7) is 7.00. The predicted molar refractivity (Wildman–Crippen MR) is 236 cm³/mol. The number of sulfonamides is 1. The van der Waals surface area contributed by atoms with Crippen molar-refractivity contribution in [2.45, 2.75) is 94.2 Å². The van der Waals surface area contributed by atoms with E-state index in [2.05, 4.69) is 63.6 Å².